The Morgan fingerprint density at radius 3 is 2.80 bits per heavy atom. The highest BCUT2D eigenvalue weighted by Crippen LogP contribution is 2.13. The van der Waals surface area contributed by atoms with E-state index in [0.29, 0.717) is 0 Å². The number of hydrogen-bond acceptors (Lipinski definition) is 0. The molecule has 10 heavy (non-hydrogen) atoms. The van der Waals surface area contributed by atoms with E-state index in [1.165, 1.54) is 24.0 Å². The number of hydrogen-bond donors (Lipinski definition) is 0. The molecule has 0 fully saturated rings. The van der Waals surface area contributed by atoms with Gasteiger partial charge in [-0.2, -0.15) is 0 Å². The Balaban J connectivity index is 2.79. The van der Waals surface area contributed by atoms with Crippen LogP contribution in [0.2, 0.25) is 0 Å². The van der Waals surface area contributed by atoms with Crippen molar-refractivity contribution in [3.05, 3.63) is 35.5 Å². The van der Waals surface area contributed by atoms with Crippen LogP contribution in [0.15, 0.2) is 35.5 Å². The highest BCUT2D eigenvalue weighted by atomic mass is 14.0. The van der Waals surface area contributed by atoms with E-state index in [1.807, 2.05) is 0 Å². The highest BCUT2D eigenvalue weighted by Gasteiger charge is 1.93. The largest absolute Gasteiger partial charge is 0.0842 e. The molecule has 0 saturated carbocycles. The average molecular weight is 134 g/mol. The molecular weight excluding hydrogens is 120 g/mol. The Kier molecular flexibility index (Phi) is 2.49. The maximum absolute atomic E-state index is 2.21. The van der Waals surface area contributed by atoms with Gasteiger partial charge in [-0.3, -0.25) is 0 Å². The van der Waals surface area contributed by atoms with Crippen molar-refractivity contribution in [3.8, 4) is 0 Å². The molecule has 1 aliphatic carbocycles. The van der Waals surface area contributed by atoms with Crippen molar-refractivity contribution < 1.29 is 0 Å². The summed E-state index contributed by atoms with van der Waals surface area (Å²) in [6, 6.07) is 0. The maximum Gasteiger partial charge on any atom is -0.0282 e. The molecule has 1 aliphatic rings. The molecule has 0 N–H and O–H groups in total. The summed E-state index contributed by atoms with van der Waals surface area (Å²) in [6.45, 7) is 4.38. The highest BCUT2D eigenvalue weighted by molar-refractivity contribution is 5.26. The molecule has 0 spiro atoms. The summed E-state index contributed by atoms with van der Waals surface area (Å²) in [6.07, 6.45) is 11.0. The second-order valence-corrected chi connectivity index (χ2v) is 2.79. The van der Waals surface area contributed by atoms with Crippen LogP contribution < -0.4 is 0 Å². The number of allylic oxidation sites excluding steroid dienone is 6. The fraction of sp³-hybridized carbons (Fsp3) is 0.400. The molecule has 0 aliphatic heterocycles. The quantitative estimate of drug-likeness (QED) is 0.477. The van der Waals surface area contributed by atoms with Crippen molar-refractivity contribution in [2.24, 2.45) is 0 Å². The normalized spacial score (nSPS) is 32.6. The molecule has 0 amide bonds. The fourth-order valence-electron chi connectivity index (χ4n) is 1.01. The molecule has 0 aromatic heterocycles. The summed E-state index contributed by atoms with van der Waals surface area (Å²) >= 11 is 0. The Morgan fingerprint density at radius 1 is 1.20 bits per heavy atom. The Labute approximate surface area is 62.9 Å². The maximum atomic E-state index is 2.21. The van der Waals surface area contributed by atoms with Crippen LogP contribution in [0.4, 0.5) is 0 Å². The van der Waals surface area contributed by atoms with Crippen molar-refractivity contribution in [1.29, 1.82) is 0 Å². The van der Waals surface area contributed by atoms with Gasteiger partial charge < -0.3 is 0 Å². The van der Waals surface area contributed by atoms with Crippen molar-refractivity contribution in [2.75, 3.05) is 0 Å². The third kappa shape index (κ3) is 1.87. The van der Waals surface area contributed by atoms with Crippen LogP contribution in [0.1, 0.15) is 26.7 Å². The lowest BCUT2D eigenvalue weighted by atomic mass is 10.0. The lowest BCUT2D eigenvalue weighted by Crippen LogP contribution is -1.82. The second kappa shape index (κ2) is 3.40. The van der Waals surface area contributed by atoms with Crippen LogP contribution >= 0.6 is 0 Å². The molecule has 54 valence electrons. The topological polar surface area (TPSA) is 0 Å². The van der Waals surface area contributed by atoms with Crippen molar-refractivity contribution in [1.82, 2.24) is 0 Å². The zero-order valence-electron chi connectivity index (χ0n) is 6.72. The second-order valence-electron chi connectivity index (χ2n) is 2.79. The Morgan fingerprint density at radius 2 is 2.00 bits per heavy atom. The molecule has 0 saturated heterocycles. The third-order valence-corrected chi connectivity index (χ3v) is 1.95. The smallest absolute Gasteiger partial charge is 0.0282 e. The first-order chi connectivity index (χ1) is 4.80. The van der Waals surface area contributed by atoms with Gasteiger partial charge in [0.1, 0.15) is 0 Å². The van der Waals surface area contributed by atoms with Crippen LogP contribution in [-0.2, 0) is 0 Å². The van der Waals surface area contributed by atoms with Crippen LogP contribution in [0.5, 0.6) is 0 Å². The van der Waals surface area contributed by atoms with E-state index in [2.05, 4.69) is 38.2 Å². The molecule has 0 radical (unpaired) electrons. The van der Waals surface area contributed by atoms with Gasteiger partial charge in [-0.05, 0) is 26.7 Å². The summed E-state index contributed by atoms with van der Waals surface area (Å²) < 4.78 is 0. The van der Waals surface area contributed by atoms with Gasteiger partial charge in [0, 0.05) is 0 Å². The van der Waals surface area contributed by atoms with Crippen LogP contribution in [0.3, 0.4) is 0 Å². The van der Waals surface area contributed by atoms with Crippen molar-refractivity contribution >= 4 is 0 Å². The van der Waals surface area contributed by atoms with Gasteiger partial charge in [-0.15, -0.1) is 0 Å². The first kappa shape index (κ1) is 7.33. The van der Waals surface area contributed by atoms with Crippen molar-refractivity contribution in [2.45, 2.75) is 26.7 Å². The molecular formula is C10H14. The van der Waals surface area contributed by atoms with E-state index in [9.17, 15) is 0 Å². The van der Waals surface area contributed by atoms with Crippen LogP contribution in [0, 0.1) is 0 Å². The first-order valence-corrected chi connectivity index (χ1v) is 3.80. The van der Waals surface area contributed by atoms with E-state index >= 15 is 0 Å². The minimum Gasteiger partial charge on any atom is -0.0842 e. The Hall–Kier alpha value is -0.780. The van der Waals surface area contributed by atoms with E-state index in [-0.39, 0.29) is 0 Å². The van der Waals surface area contributed by atoms with Gasteiger partial charge in [-0.1, -0.05) is 35.5 Å². The van der Waals surface area contributed by atoms with E-state index in [4.69, 9.17) is 0 Å². The third-order valence-electron chi connectivity index (χ3n) is 1.95. The zero-order valence-corrected chi connectivity index (χ0v) is 6.72. The molecule has 0 nitrogen and oxygen atoms in total. The minimum absolute atomic E-state index is 1.19. The Bertz CT molecular complexity index is 192. The standard InChI is InChI=1S/C10H14/c1-9-7-5-3-4-6-8-10(9)2/h3-5,7H,6,8H2,1-2H3/b4-3-,7-5-,10-9-. The minimum atomic E-state index is 1.19. The summed E-state index contributed by atoms with van der Waals surface area (Å²) in [5.74, 6) is 0. The molecule has 0 unspecified atom stereocenters. The fourth-order valence-corrected chi connectivity index (χ4v) is 1.01. The molecule has 0 heteroatoms. The summed E-state index contributed by atoms with van der Waals surface area (Å²) in [5, 5.41) is 0. The van der Waals surface area contributed by atoms with E-state index < -0.39 is 0 Å². The van der Waals surface area contributed by atoms with Gasteiger partial charge in [-0.25, -0.2) is 0 Å². The lowest BCUT2D eigenvalue weighted by Gasteiger charge is -2.03. The van der Waals surface area contributed by atoms with Crippen LogP contribution in [0.25, 0.3) is 0 Å². The molecule has 0 aromatic rings. The predicted molar refractivity (Wildman–Crippen MR) is 45.9 cm³/mol. The van der Waals surface area contributed by atoms with Gasteiger partial charge >= 0.3 is 0 Å². The summed E-state index contributed by atoms with van der Waals surface area (Å²) in [5.41, 5.74) is 2.94. The molecule has 0 bridgehead atoms. The zero-order chi connectivity index (χ0) is 7.40. The average Bonchev–Trinajstić information content (AvgIpc) is 1.92. The van der Waals surface area contributed by atoms with Crippen molar-refractivity contribution in [3.63, 3.8) is 0 Å². The molecule has 0 heterocycles. The van der Waals surface area contributed by atoms with Crippen LogP contribution in [-0.4, -0.2) is 0 Å². The molecule has 0 atom stereocenters. The first-order valence-electron chi connectivity index (χ1n) is 3.80. The lowest BCUT2D eigenvalue weighted by molar-refractivity contribution is 0.959. The molecule has 0 aromatic carbocycles. The monoisotopic (exact) mass is 134 g/mol. The van der Waals surface area contributed by atoms with Gasteiger partial charge in [0.25, 0.3) is 0 Å². The van der Waals surface area contributed by atoms with Gasteiger partial charge in [0.05, 0.1) is 0 Å². The SMILES string of the molecule is CC1=C(\C)CC\C=C/C=C\1. The summed E-state index contributed by atoms with van der Waals surface area (Å²) in [4.78, 5) is 0. The van der Waals surface area contributed by atoms with Gasteiger partial charge in [0.2, 0.25) is 0 Å². The van der Waals surface area contributed by atoms with Gasteiger partial charge in [0.15, 0.2) is 0 Å². The molecule has 1 rings (SSSR count). The number of rotatable bonds is 0. The van der Waals surface area contributed by atoms with E-state index in [1.54, 1.807) is 0 Å². The predicted octanol–water partition coefficient (Wildman–Crippen LogP) is 3.23. The van der Waals surface area contributed by atoms with E-state index in [0.717, 1.165) is 0 Å². The summed E-state index contributed by atoms with van der Waals surface area (Å²) in [7, 11) is 0.